The first kappa shape index (κ1) is 20.8. The Morgan fingerprint density at radius 1 is 1.31 bits per heavy atom. The van der Waals surface area contributed by atoms with Crippen molar-refractivity contribution in [3.8, 4) is 11.5 Å². The Hall–Kier alpha value is -2.97. The van der Waals surface area contributed by atoms with E-state index in [4.69, 9.17) is 26.8 Å². The van der Waals surface area contributed by atoms with Crippen LogP contribution in [0.1, 0.15) is 11.1 Å². The zero-order valence-electron chi connectivity index (χ0n) is 15.7. The fraction of sp³-hybridized carbons (Fsp3) is 0.150. The van der Waals surface area contributed by atoms with Gasteiger partial charge in [0.25, 0.3) is 11.8 Å². The molecule has 1 heterocycles. The van der Waals surface area contributed by atoms with Crippen LogP contribution in [0.5, 0.6) is 11.5 Å². The lowest BCUT2D eigenvalue weighted by molar-refractivity contribution is -0.118. The second-order valence-electron chi connectivity index (χ2n) is 6.10. The third-order valence-electron chi connectivity index (χ3n) is 3.87. The Balaban J connectivity index is 1.71. The molecule has 29 heavy (non-hydrogen) atoms. The minimum atomic E-state index is -0.407. The molecular formula is C20H18ClN3O4S. The number of hydrogen-bond donors (Lipinski definition) is 2. The number of aryl methyl sites for hydroxylation is 1. The topological polar surface area (TPSA) is 103 Å². The number of nitrogens with two attached hydrogens (primary N) is 1. The summed E-state index contributed by atoms with van der Waals surface area (Å²) in [5.41, 5.74) is 7.93. The van der Waals surface area contributed by atoms with Gasteiger partial charge in [0.2, 0.25) is 0 Å². The van der Waals surface area contributed by atoms with E-state index in [1.807, 2.05) is 31.2 Å². The molecule has 7 nitrogen and oxygen atoms in total. The number of ether oxygens (including phenoxy) is 2. The van der Waals surface area contributed by atoms with Crippen LogP contribution < -0.4 is 20.5 Å². The van der Waals surface area contributed by atoms with Crippen molar-refractivity contribution in [2.75, 3.05) is 19.0 Å². The van der Waals surface area contributed by atoms with Crippen LogP contribution in [0.4, 0.5) is 5.69 Å². The average molecular weight is 432 g/mol. The van der Waals surface area contributed by atoms with Gasteiger partial charge in [-0.05, 0) is 54.6 Å². The van der Waals surface area contributed by atoms with E-state index < -0.39 is 5.91 Å². The number of amidine groups is 1. The van der Waals surface area contributed by atoms with E-state index >= 15 is 0 Å². The number of carbonyl (C=O) groups excluding carboxylic acids is 2. The maximum Gasteiger partial charge on any atom is 0.286 e. The summed E-state index contributed by atoms with van der Waals surface area (Å²) in [5.74, 6) is -0.178. The summed E-state index contributed by atoms with van der Waals surface area (Å²) in [6.07, 6.45) is 1.61. The third kappa shape index (κ3) is 5.30. The van der Waals surface area contributed by atoms with E-state index in [0.29, 0.717) is 21.9 Å². The maximum atomic E-state index is 12.2. The third-order valence-corrected chi connectivity index (χ3v) is 4.96. The standard InChI is InChI=1S/C20H18ClN3O4S/c1-11-3-5-13(6-4-11)23-17(25)10-28-18-14(21)7-12(8-15(18)27-2)9-16-19(26)24-20(22)29-16/h3-9H,10H2,1-2H3,(H,23,25)(H2,22,24,26). The van der Waals surface area contributed by atoms with Crippen LogP contribution in [-0.4, -0.2) is 30.7 Å². The molecule has 0 aromatic heterocycles. The van der Waals surface area contributed by atoms with Gasteiger partial charge in [-0.15, -0.1) is 0 Å². The molecule has 0 bridgehead atoms. The smallest absolute Gasteiger partial charge is 0.286 e. The second kappa shape index (κ2) is 9.02. The molecule has 1 aliphatic heterocycles. The number of nitrogens with one attached hydrogen (secondary N) is 1. The lowest BCUT2D eigenvalue weighted by atomic mass is 10.2. The van der Waals surface area contributed by atoms with Crippen LogP contribution in [0.15, 0.2) is 46.3 Å². The number of amides is 2. The molecule has 0 saturated carbocycles. The van der Waals surface area contributed by atoms with Gasteiger partial charge in [-0.25, -0.2) is 0 Å². The quantitative estimate of drug-likeness (QED) is 0.677. The molecule has 1 aliphatic rings. The number of nitrogens with zero attached hydrogens (tertiary/aromatic N) is 1. The lowest BCUT2D eigenvalue weighted by Gasteiger charge is -2.13. The van der Waals surface area contributed by atoms with Crippen LogP contribution in [0.2, 0.25) is 5.02 Å². The largest absolute Gasteiger partial charge is 0.493 e. The number of benzene rings is 2. The summed E-state index contributed by atoms with van der Waals surface area (Å²) < 4.78 is 10.9. The van der Waals surface area contributed by atoms with Gasteiger partial charge in [-0.2, -0.15) is 4.99 Å². The highest BCUT2D eigenvalue weighted by Crippen LogP contribution is 2.38. The minimum absolute atomic E-state index is 0.193. The Bertz CT molecular complexity index is 1020. The van der Waals surface area contributed by atoms with Gasteiger partial charge in [0.1, 0.15) is 0 Å². The van der Waals surface area contributed by atoms with Gasteiger partial charge < -0.3 is 20.5 Å². The normalized spacial score (nSPS) is 14.7. The van der Waals surface area contributed by atoms with E-state index in [9.17, 15) is 9.59 Å². The molecule has 0 unspecified atom stereocenters. The lowest BCUT2D eigenvalue weighted by Crippen LogP contribution is -2.20. The first-order valence-corrected chi connectivity index (χ1v) is 9.70. The number of halogens is 1. The summed E-state index contributed by atoms with van der Waals surface area (Å²) in [5, 5.41) is 3.18. The van der Waals surface area contributed by atoms with E-state index in [-0.39, 0.29) is 28.5 Å². The molecular weight excluding hydrogens is 414 g/mol. The molecule has 0 saturated heterocycles. The Kier molecular flexibility index (Phi) is 6.46. The minimum Gasteiger partial charge on any atom is -0.493 e. The highest BCUT2D eigenvalue weighted by molar-refractivity contribution is 8.18. The molecule has 2 aromatic carbocycles. The average Bonchev–Trinajstić information content (AvgIpc) is 2.99. The van der Waals surface area contributed by atoms with Gasteiger partial charge in [-0.1, -0.05) is 29.3 Å². The van der Waals surface area contributed by atoms with E-state index in [1.165, 1.54) is 7.11 Å². The van der Waals surface area contributed by atoms with Crippen LogP contribution >= 0.6 is 23.4 Å². The van der Waals surface area contributed by atoms with Crippen molar-refractivity contribution in [3.63, 3.8) is 0 Å². The summed E-state index contributed by atoms with van der Waals surface area (Å²) in [4.78, 5) is 27.9. The second-order valence-corrected chi connectivity index (χ2v) is 7.57. The molecule has 0 fully saturated rings. The molecule has 0 atom stereocenters. The van der Waals surface area contributed by atoms with E-state index in [2.05, 4.69) is 10.3 Å². The Morgan fingerprint density at radius 3 is 2.66 bits per heavy atom. The molecule has 2 aromatic rings. The van der Waals surface area contributed by atoms with Crippen LogP contribution in [0.25, 0.3) is 6.08 Å². The first-order valence-electron chi connectivity index (χ1n) is 8.50. The maximum absolute atomic E-state index is 12.2. The monoisotopic (exact) mass is 431 g/mol. The molecule has 3 rings (SSSR count). The molecule has 2 amide bonds. The van der Waals surface area contributed by atoms with Crippen molar-refractivity contribution in [1.29, 1.82) is 0 Å². The fourth-order valence-electron chi connectivity index (χ4n) is 2.51. The van der Waals surface area contributed by atoms with Crippen molar-refractivity contribution in [2.24, 2.45) is 10.7 Å². The first-order chi connectivity index (χ1) is 13.9. The van der Waals surface area contributed by atoms with Crippen LogP contribution in [0.3, 0.4) is 0 Å². The SMILES string of the molecule is COc1cc(C=C2SC(N)=NC2=O)cc(Cl)c1OCC(=O)Nc1ccc(C)cc1. The van der Waals surface area contributed by atoms with Crippen molar-refractivity contribution in [2.45, 2.75) is 6.92 Å². The summed E-state index contributed by atoms with van der Waals surface area (Å²) in [6.45, 7) is 1.72. The molecule has 0 spiro atoms. The molecule has 0 radical (unpaired) electrons. The van der Waals surface area contributed by atoms with Crippen LogP contribution in [0, 0.1) is 6.92 Å². The molecule has 0 aliphatic carbocycles. The molecule has 9 heteroatoms. The summed E-state index contributed by atoms with van der Waals surface area (Å²) >= 11 is 7.39. The number of aliphatic imine (C=N–C) groups is 1. The number of anilines is 1. The van der Waals surface area contributed by atoms with Crippen LogP contribution in [-0.2, 0) is 9.59 Å². The number of rotatable bonds is 6. The van der Waals surface area contributed by atoms with E-state index in [0.717, 1.165) is 17.3 Å². The number of thioether (sulfide) groups is 1. The van der Waals surface area contributed by atoms with E-state index in [1.54, 1.807) is 18.2 Å². The van der Waals surface area contributed by atoms with Crippen molar-refractivity contribution in [3.05, 3.63) is 57.5 Å². The number of methoxy groups -OCH3 is 1. The Labute approximate surface area is 176 Å². The highest BCUT2D eigenvalue weighted by atomic mass is 35.5. The van der Waals surface area contributed by atoms with Gasteiger partial charge in [-0.3, -0.25) is 9.59 Å². The molecule has 150 valence electrons. The van der Waals surface area contributed by atoms with Gasteiger partial charge in [0.05, 0.1) is 17.0 Å². The molecule has 3 N–H and O–H groups in total. The zero-order chi connectivity index (χ0) is 21.0. The van der Waals surface area contributed by atoms with Gasteiger partial charge >= 0.3 is 0 Å². The van der Waals surface area contributed by atoms with Crippen molar-refractivity contribution < 1.29 is 19.1 Å². The van der Waals surface area contributed by atoms with Gasteiger partial charge in [0.15, 0.2) is 23.3 Å². The zero-order valence-corrected chi connectivity index (χ0v) is 17.3. The summed E-state index contributed by atoms with van der Waals surface area (Å²) in [6, 6.07) is 10.7. The Morgan fingerprint density at radius 2 is 2.03 bits per heavy atom. The number of hydrogen-bond acceptors (Lipinski definition) is 6. The van der Waals surface area contributed by atoms with Crippen molar-refractivity contribution >= 4 is 52.1 Å². The predicted octanol–water partition coefficient (Wildman–Crippen LogP) is 3.60. The van der Waals surface area contributed by atoms with Gasteiger partial charge in [0, 0.05) is 5.69 Å². The fourth-order valence-corrected chi connectivity index (χ4v) is 3.47. The predicted molar refractivity (Wildman–Crippen MR) is 116 cm³/mol. The number of carbonyl (C=O) groups is 2. The van der Waals surface area contributed by atoms with Crippen molar-refractivity contribution in [1.82, 2.24) is 0 Å². The highest BCUT2D eigenvalue weighted by Gasteiger charge is 2.20. The summed E-state index contributed by atoms with van der Waals surface area (Å²) in [7, 11) is 1.46.